The molecule has 5 heteroatoms. The number of hydrogen-bond acceptors (Lipinski definition) is 4. The third kappa shape index (κ3) is 2.84. The second kappa shape index (κ2) is 5.29. The van der Waals surface area contributed by atoms with Crippen molar-refractivity contribution in [2.45, 2.75) is 26.2 Å². The zero-order chi connectivity index (χ0) is 12.3. The van der Waals surface area contributed by atoms with Crippen LogP contribution in [0.4, 0.5) is 16.2 Å². The summed E-state index contributed by atoms with van der Waals surface area (Å²) in [6.45, 7) is 3.05. The fourth-order valence-electron chi connectivity index (χ4n) is 2.36. The Hall–Kier alpha value is -1.39. The first kappa shape index (κ1) is 12.1. The topological polar surface area (TPSA) is 49.8 Å². The highest BCUT2D eigenvalue weighted by atomic mass is 19.1. The Kier molecular flexibility index (Phi) is 3.76. The van der Waals surface area contributed by atoms with E-state index in [9.17, 15) is 4.39 Å². The lowest BCUT2D eigenvalue weighted by molar-refractivity contribution is 0.438. The first-order valence-corrected chi connectivity index (χ1v) is 6.15. The predicted molar refractivity (Wildman–Crippen MR) is 66.5 cm³/mol. The molecule has 0 saturated heterocycles. The molecule has 0 bridgehead atoms. The van der Waals surface area contributed by atoms with Crippen LogP contribution in [0.25, 0.3) is 0 Å². The second-order valence-electron chi connectivity index (χ2n) is 4.69. The Morgan fingerprint density at radius 1 is 1.47 bits per heavy atom. The van der Waals surface area contributed by atoms with Gasteiger partial charge in [-0.2, -0.15) is 4.98 Å². The Balaban J connectivity index is 1.98. The molecular weight excluding hydrogens is 219 g/mol. The van der Waals surface area contributed by atoms with Gasteiger partial charge >= 0.3 is 0 Å². The lowest BCUT2D eigenvalue weighted by atomic mass is 9.98. The first-order chi connectivity index (χ1) is 8.20. The SMILES string of the molecule is CNc1ncc(F)c(NCC2CCCC2C)n1. The zero-order valence-electron chi connectivity index (χ0n) is 10.3. The second-order valence-corrected chi connectivity index (χ2v) is 4.69. The lowest BCUT2D eigenvalue weighted by Gasteiger charge is -2.16. The van der Waals surface area contributed by atoms with Gasteiger partial charge in [0, 0.05) is 13.6 Å². The minimum Gasteiger partial charge on any atom is -0.367 e. The molecule has 1 heterocycles. The highest BCUT2D eigenvalue weighted by Crippen LogP contribution is 2.31. The summed E-state index contributed by atoms with van der Waals surface area (Å²) in [6, 6.07) is 0. The molecule has 2 N–H and O–H groups in total. The molecule has 1 fully saturated rings. The average Bonchev–Trinajstić information content (AvgIpc) is 2.74. The van der Waals surface area contributed by atoms with Crippen LogP contribution in [0.2, 0.25) is 0 Å². The van der Waals surface area contributed by atoms with E-state index < -0.39 is 5.82 Å². The van der Waals surface area contributed by atoms with E-state index in [4.69, 9.17) is 0 Å². The molecule has 1 aliphatic rings. The van der Waals surface area contributed by atoms with E-state index >= 15 is 0 Å². The molecule has 1 saturated carbocycles. The van der Waals surface area contributed by atoms with Crippen molar-refractivity contribution in [1.82, 2.24) is 9.97 Å². The Labute approximate surface area is 101 Å². The maximum atomic E-state index is 13.5. The minimum absolute atomic E-state index is 0.295. The summed E-state index contributed by atoms with van der Waals surface area (Å²) >= 11 is 0. The normalized spacial score (nSPS) is 23.7. The molecule has 0 aromatic carbocycles. The van der Waals surface area contributed by atoms with E-state index in [1.54, 1.807) is 7.05 Å². The van der Waals surface area contributed by atoms with Gasteiger partial charge in [0.1, 0.15) is 0 Å². The van der Waals surface area contributed by atoms with Crippen LogP contribution in [0, 0.1) is 17.7 Å². The highest BCUT2D eigenvalue weighted by Gasteiger charge is 2.23. The van der Waals surface area contributed by atoms with Gasteiger partial charge in [0.15, 0.2) is 11.6 Å². The van der Waals surface area contributed by atoms with Crippen molar-refractivity contribution < 1.29 is 4.39 Å². The molecule has 2 unspecified atom stereocenters. The van der Waals surface area contributed by atoms with Crippen molar-refractivity contribution in [3.8, 4) is 0 Å². The number of nitrogens with zero attached hydrogens (tertiary/aromatic N) is 2. The average molecular weight is 238 g/mol. The van der Waals surface area contributed by atoms with Crippen molar-refractivity contribution >= 4 is 11.8 Å². The van der Waals surface area contributed by atoms with Crippen LogP contribution in [0.1, 0.15) is 26.2 Å². The summed E-state index contributed by atoms with van der Waals surface area (Å²) in [5.41, 5.74) is 0. The number of halogens is 1. The van der Waals surface area contributed by atoms with Gasteiger partial charge in [-0.05, 0) is 18.3 Å². The molecule has 1 aromatic rings. The smallest absolute Gasteiger partial charge is 0.224 e. The molecule has 2 atom stereocenters. The van der Waals surface area contributed by atoms with Gasteiger partial charge in [-0.25, -0.2) is 9.37 Å². The van der Waals surface area contributed by atoms with Gasteiger partial charge in [0.05, 0.1) is 6.20 Å². The fraction of sp³-hybridized carbons (Fsp3) is 0.667. The number of rotatable bonds is 4. The Morgan fingerprint density at radius 3 is 2.94 bits per heavy atom. The first-order valence-electron chi connectivity index (χ1n) is 6.15. The van der Waals surface area contributed by atoms with Crippen LogP contribution in [0.15, 0.2) is 6.20 Å². The van der Waals surface area contributed by atoms with E-state index in [0.717, 1.165) is 12.5 Å². The van der Waals surface area contributed by atoms with E-state index in [0.29, 0.717) is 17.7 Å². The molecule has 0 spiro atoms. The largest absolute Gasteiger partial charge is 0.367 e. The molecule has 1 aromatic heterocycles. The molecule has 0 amide bonds. The zero-order valence-corrected chi connectivity index (χ0v) is 10.3. The quantitative estimate of drug-likeness (QED) is 0.846. The van der Waals surface area contributed by atoms with Gasteiger partial charge < -0.3 is 10.6 Å². The number of hydrogen-bond donors (Lipinski definition) is 2. The molecule has 94 valence electrons. The van der Waals surface area contributed by atoms with Crippen molar-refractivity contribution in [2.75, 3.05) is 24.2 Å². The molecule has 0 aliphatic heterocycles. The maximum absolute atomic E-state index is 13.5. The fourth-order valence-corrected chi connectivity index (χ4v) is 2.36. The summed E-state index contributed by atoms with van der Waals surface area (Å²) in [7, 11) is 1.72. The van der Waals surface area contributed by atoms with Crippen LogP contribution in [-0.2, 0) is 0 Å². The third-order valence-electron chi connectivity index (χ3n) is 3.54. The Morgan fingerprint density at radius 2 is 2.29 bits per heavy atom. The van der Waals surface area contributed by atoms with Gasteiger partial charge in [0.2, 0.25) is 5.95 Å². The van der Waals surface area contributed by atoms with Crippen LogP contribution in [0.5, 0.6) is 0 Å². The summed E-state index contributed by atoms with van der Waals surface area (Å²) in [6.07, 6.45) is 4.97. The van der Waals surface area contributed by atoms with Crippen molar-refractivity contribution in [3.05, 3.63) is 12.0 Å². The summed E-state index contributed by atoms with van der Waals surface area (Å²) in [4.78, 5) is 7.88. The number of aromatic nitrogens is 2. The van der Waals surface area contributed by atoms with Crippen molar-refractivity contribution in [1.29, 1.82) is 0 Å². The highest BCUT2D eigenvalue weighted by molar-refractivity contribution is 5.40. The van der Waals surface area contributed by atoms with E-state index in [-0.39, 0.29) is 0 Å². The maximum Gasteiger partial charge on any atom is 0.224 e. The van der Waals surface area contributed by atoms with Gasteiger partial charge in [-0.15, -0.1) is 0 Å². The van der Waals surface area contributed by atoms with Crippen LogP contribution < -0.4 is 10.6 Å². The standard InChI is InChI=1S/C12H19FN4/c1-8-4-3-5-9(8)6-15-11-10(13)7-16-12(14-2)17-11/h7-9H,3-6H2,1-2H3,(H2,14,15,16,17). The van der Waals surface area contributed by atoms with Crippen LogP contribution in [0.3, 0.4) is 0 Å². The lowest BCUT2D eigenvalue weighted by Crippen LogP contribution is -2.18. The van der Waals surface area contributed by atoms with Gasteiger partial charge in [-0.3, -0.25) is 0 Å². The Bertz CT molecular complexity index is 383. The molecule has 17 heavy (non-hydrogen) atoms. The molecule has 1 aliphatic carbocycles. The van der Waals surface area contributed by atoms with Crippen LogP contribution in [-0.4, -0.2) is 23.6 Å². The van der Waals surface area contributed by atoms with Crippen molar-refractivity contribution in [3.63, 3.8) is 0 Å². The van der Waals surface area contributed by atoms with Gasteiger partial charge in [-0.1, -0.05) is 19.8 Å². The van der Waals surface area contributed by atoms with Crippen LogP contribution >= 0.6 is 0 Å². The summed E-state index contributed by atoms with van der Waals surface area (Å²) in [5, 5.41) is 5.90. The number of nitrogens with one attached hydrogen (secondary N) is 2. The molecule has 2 rings (SSSR count). The predicted octanol–water partition coefficient (Wildman–Crippen LogP) is 2.51. The monoisotopic (exact) mass is 238 g/mol. The molecular formula is C12H19FN4. The molecule has 0 radical (unpaired) electrons. The van der Waals surface area contributed by atoms with E-state index in [1.807, 2.05) is 0 Å². The van der Waals surface area contributed by atoms with E-state index in [1.165, 1.54) is 25.5 Å². The molecule has 4 nitrogen and oxygen atoms in total. The van der Waals surface area contributed by atoms with E-state index in [2.05, 4.69) is 27.5 Å². The number of anilines is 2. The summed E-state index contributed by atoms with van der Waals surface area (Å²) in [5.74, 6) is 1.69. The minimum atomic E-state index is -0.394. The van der Waals surface area contributed by atoms with Gasteiger partial charge in [0.25, 0.3) is 0 Å². The third-order valence-corrected chi connectivity index (χ3v) is 3.54. The summed E-state index contributed by atoms with van der Waals surface area (Å²) < 4.78 is 13.5. The van der Waals surface area contributed by atoms with Crippen molar-refractivity contribution in [2.24, 2.45) is 11.8 Å².